The van der Waals surface area contributed by atoms with Crippen LogP contribution in [0.3, 0.4) is 0 Å². The van der Waals surface area contributed by atoms with Gasteiger partial charge in [0.25, 0.3) is 0 Å². The van der Waals surface area contributed by atoms with Crippen molar-refractivity contribution < 1.29 is 9.53 Å². The van der Waals surface area contributed by atoms with Gasteiger partial charge in [-0.2, -0.15) is 0 Å². The summed E-state index contributed by atoms with van der Waals surface area (Å²) in [5.41, 5.74) is 0.795. The topological polar surface area (TPSA) is 50.4 Å². The number of carbonyl (C=O) groups is 1. The van der Waals surface area contributed by atoms with Crippen LogP contribution >= 0.6 is 12.4 Å². The second kappa shape index (κ2) is 7.66. The lowest BCUT2D eigenvalue weighted by atomic mass is 9.99. The number of nitrogens with one attached hydrogen (secondary N) is 2. The highest BCUT2D eigenvalue weighted by Crippen LogP contribution is 2.32. The molecule has 1 saturated heterocycles. The lowest BCUT2D eigenvalue weighted by molar-refractivity contribution is -0.120. The van der Waals surface area contributed by atoms with Gasteiger partial charge in [-0.25, -0.2) is 0 Å². The number of amides is 1. The van der Waals surface area contributed by atoms with E-state index in [1.54, 1.807) is 0 Å². The average Bonchev–Trinajstić information content (AvgIpc) is 3.31. The predicted molar refractivity (Wildman–Crippen MR) is 86.1 cm³/mol. The number of halogens is 1. The van der Waals surface area contributed by atoms with Crippen molar-refractivity contribution in [3.05, 3.63) is 24.3 Å². The molecule has 1 aromatic rings. The minimum atomic E-state index is 0. The fourth-order valence-electron chi connectivity index (χ4n) is 2.50. The van der Waals surface area contributed by atoms with Gasteiger partial charge in [-0.1, -0.05) is 12.1 Å². The van der Waals surface area contributed by atoms with Gasteiger partial charge in [-0.15, -0.1) is 12.4 Å². The Kier molecular flexibility index (Phi) is 5.88. The lowest BCUT2D eigenvalue weighted by Crippen LogP contribution is -2.37. The van der Waals surface area contributed by atoms with E-state index in [1.807, 2.05) is 24.3 Å². The van der Waals surface area contributed by atoms with Crippen LogP contribution in [-0.4, -0.2) is 25.6 Å². The Bertz CT molecular complexity index is 471. The van der Waals surface area contributed by atoms with Gasteiger partial charge in [0.2, 0.25) is 5.91 Å². The Balaban J connectivity index is 0.00000161. The fourth-order valence-corrected chi connectivity index (χ4v) is 2.50. The highest BCUT2D eigenvalue weighted by Gasteiger charge is 2.24. The monoisotopic (exact) mass is 310 g/mol. The minimum Gasteiger partial charge on any atom is -0.491 e. The molecule has 0 radical (unpaired) electrons. The van der Waals surface area contributed by atoms with E-state index in [0.717, 1.165) is 44.0 Å². The van der Waals surface area contributed by atoms with Crippen LogP contribution in [0.25, 0.3) is 0 Å². The van der Waals surface area contributed by atoms with Gasteiger partial charge in [-0.3, -0.25) is 4.79 Å². The zero-order valence-corrected chi connectivity index (χ0v) is 13.0. The summed E-state index contributed by atoms with van der Waals surface area (Å²) in [4.78, 5) is 12.3. The molecule has 1 aromatic carbocycles. The molecule has 0 spiro atoms. The quantitative estimate of drug-likeness (QED) is 0.879. The maximum Gasteiger partial charge on any atom is 0.228 e. The Labute approximate surface area is 132 Å². The second-order valence-corrected chi connectivity index (χ2v) is 5.78. The first-order valence-corrected chi connectivity index (χ1v) is 7.56. The molecule has 116 valence electrons. The number of piperidine rings is 1. The highest BCUT2D eigenvalue weighted by molar-refractivity contribution is 5.94. The Morgan fingerprint density at radius 1 is 1.29 bits per heavy atom. The molecular formula is C16H23ClN2O2. The summed E-state index contributed by atoms with van der Waals surface area (Å²) >= 11 is 0. The first-order valence-electron chi connectivity index (χ1n) is 7.56. The molecule has 5 heteroatoms. The fraction of sp³-hybridized carbons (Fsp3) is 0.562. The van der Waals surface area contributed by atoms with E-state index >= 15 is 0 Å². The third-order valence-corrected chi connectivity index (χ3v) is 3.98. The number of hydrogen-bond donors (Lipinski definition) is 2. The Morgan fingerprint density at radius 2 is 2.10 bits per heavy atom. The number of benzene rings is 1. The summed E-state index contributed by atoms with van der Waals surface area (Å²) < 4.78 is 5.82. The lowest BCUT2D eigenvalue weighted by Gasteiger charge is -2.22. The molecule has 3 rings (SSSR count). The summed E-state index contributed by atoms with van der Waals surface area (Å²) in [6, 6.07) is 7.71. The molecule has 1 aliphatic carbocycles. The average molecular weight is 311 g/mol. The van der Waals surface area contributed by atoms with Crippen LogP contribution < -0.4 is 15.4 Å². The van der Waals surface area contributed by atoms with Crippen molar-refractivity contribution in [3.63, 3.8) is 0 Å². The van der Waals surface area contributed by atoms with E-state index < -0.39 is 0 Å². The molecule has 1 saturated carbocycles. The molecule has 21 heavy (non-hydrogen) atoms. The first kappa shape index (κ1) is 16.1. The summed E-state index contributed by atoms with van der Waals surface area (Å²) in [6.45, 7) is 2.56. The standard InChI is InChI=1S/C16H22N2O2.ClH/c19-16(13-4-3-9-17-10-13)18-14-5-1-2-6-15(14)20-11-12-7-8-12;/h1-2,5-6,12-13,17H,3-4,7-11H2,(H,18,19);1H. The van der Waals surface area contributed by atoms with Crippen LogP contribution in [0.5, 0.6) is 5.75 Å². The number of ether oxygens (including phenoxy) is 1. The normalized spacial score (nSPS) is 21.2. The van der Waals surface area contributed by atoms with Gasteiger partial charge in [0.1, 0.15) is 5.75 Å². The van der Waals surface area contributed by atoms with Crippen molar-refractivity contribution in [1.82, 2.24) is 5.32 Å². The number of anilines is 1. The van der Waals surface area contributed by atoms with Crippen molar-refractivity contribution >= 4 is 24.0 Å². The molecule has 1 amide bonds. The zero-order valence-electron chi connectivity index (χ0n) is 12.1. The molecule has 1 atom stereocenters. The van der Waals surface area contributed by atoms with Gasteiger partial charge in [0.05, 0.1) is 18.2 Å². The van der Waals surface area contributed by atoms with Crippen molar-refractivity contribution in [2.24, 2.45) is 11.8 Å². The van der Waals surface area contributed by atoms with Gasteiger partial charge in [-0.05, 0) is 50.3 Å². The van der Waals surface area contributed by atoms with E-state index in [2.05, 4.69) is 10.6 Å². The predicted octanol–water partition coefficient (Wildman–Crippen LogP) is 2.84. The van der Waals surface area contributed by atoms with Crippen LogP contribution in [0.4, 0.5) is 5.69 Å². The molecule has 4 nitrogen and oxygen atoms in total. The molecule has 1 aliphatic heterocycles. The molecule has 1 unspecified atom stereocenters. The van der Waals surface area contributed by atoms with E-state index in [1.165, 1.54) is 12.8 Å². The maximum absolute atomic E-state index is 12.3. The number of para-hydroxylation sites is 2. The zero-order chi connectivity index (χ0) is 13.8. The first-order chi connectivity index (χ1) is 9.83. The number of hydrogen-bond acceptors (Lipinski definition) is 3. The van der Waals surface area contributed by atoms with Crippen LogP contribution in [-0.2, 0) is 4.79 Å². The van der Waals surface area contributed by atoms with Crippen molar-refractivity contribution in [1.29, 1.82) is 0 Å². The molecule has 2 aliphatic rings. The van der Waals surface area contributed by atoms with Crippen LogP contribution in [0, 0.1) is 11.8 Å². The van der Waals surface area contributed by atoms with E-state index in [-0.39, 0.29) is 24.2 Å². The molecule has 0 bridgehead atoms. The largest absolute Gasteiger partial charge is 0.491 e. The van der Waals surface area contributed by atoms with Gasteiger partial charge in [0.15, 0.2) is 0 Å². The number of carbonyl (C=O) groups excluding carboxylic acids is 1. The van der Waals surface area contributed by atoms with E-state index in [0.29, 0.717) is 5.92 Å². The Morgan fingerprint density at radius 3 is 2.81 bits per heavy atom. The van der Waals surface area contributed by atoms with Crippen molar-refractivity contribution in [2.45, 2.75) is 25.7 Å². The highest BCUT2D eigenvalue weighted by atomic mass is 35.5. The van der Waals surface area contributed by atoms with Gasteiger partial charge in [0, 0.05) is 6.54 Å². The molecule has 2 N–H and O–H groups in total. The Hall–Kier alpha value is -1.26. The van der Waals surface area contributed by atoms with E-state index in [4.69, 9.17) is 4.74 Å². The maximum atomic E-state index is 12.3. The summed E-state index contributed by atoms with van der Waals surface area (Å²) in [5.74, 6) is 1.66. The van der Waals surface area contributed by atoms with Crippen LogP contribution in [0.15, 0.2) is 24.3 Å². The SMILES string of the molecule is Cl.O=C(Nc1ccccc1OCC1CC1)C1CCCNC1. The third-order valence-electron chi connectivity index (χ3n) is 3.98. The van der Waals surface area contributed by atoms with Crippen molar-refractivity contribution in [3.8, 4) is 5.75 Å². The number of rotatable bonds is 5. The summed E-state index contributed by atoms with van der Waals surface area (Å²) in [6.07, 6.45) is 4.56. The third kappa shape index (κ3) is 4.61. The summed E-state index contributed by atoms with van der Waals surface area (Å²) in [7, 11) is 0. The molecule has 2 fully saturated rings. The summed E-state index contributed by atoms with van der Waals surface area (Å²) in [5, 5.41) is 6.29. The minimum absolute atomic E-state index is 0. The van der Waals surface area contributed by atoms with Crippen molar-refractivity contribution in [2.75, 3.05) is 25.0 Å². The molecular weight excluding hydrogens is 288 g/mol. The van der Waals surface area contributed by atoms with Gasteiger partial charge >= 0.3 is 0 Å². The van der Waals surface area contributed by atoms with Gasteiger partial charge < -0.3 is 15.4 Å². The van der Waals surface area contributed by atoms with Crippen LogP contribution in [0.2, 0.25) is 0 Å². The smallest absolute Gasteiger partial charge is 0.228 e. The second-order valence-electron chi connectivity index (χ2n) is 5.78. The molecule has 1 heterocycles. The van der Waals surface area contributed by atoms with E-state index in [9.17, 15) is 4.79 Å². The van der Waals surface area contributed by atoms with Crippen LogP contribution in [0.1, 0.15) is 25.7 Å². The molecule has 0 aromatic heterocycles.